The number of benzene rings is 2. The van der Waals surface area contributed by atoms with Crippen molar-refractivity contribution in [3.8, 4) is 0 Å². The first-order chi connectivity index (χ1) is 12.9. The van der Waals surface area contributed by atoms with E-state index in [9.17, 15) is 19.7 Å². The summed E-state index contributed by atoms with van der Waals surface area (Å²) in [5.41, 5.74) is 2.25. The zero-order chi connectivity index (χ0) is 19.1. The second-order valence-electron chi connectivity index (χ2n) is 6.74. The highest BCUT2D eigenvalue weighted by Gasteiger charge is 2.36. The summed E-state index contributed by atoms with van der Waals surface area (Å²) in [6, 6.07) is 9.36. The Balaban J connectivity index is 1.56. The van der Waals surface area contributed by atoms with Gasteiger partial charge in [0.1, 0.15) is 5.02 Å². The van der Waals surface area contributed by atoms with Crippen LogP contribution in [0.4, 0.5) is 17.1 Å². The number of anilines is 2. The Morgan fingerprint density at radius 2 is 1.96 bits per heavy atom. The Morgan fingerprint density at radius 1 is 1.19 bits per heavy atom. The molecule has 1 aliphatic carbocycles. The van der Waals surface area contributed by atoms with Crippen molar-refractivity contribution in [2.24, 2.45) is 5.92 Å². The molecule has 0 unspecified atom stereocenters. The highest BCUT2D eigenvalue weighted by atomic mass is 35.5. The van der Waals surface area contributed by atoms with Gasteiger partial charge in [-0.25, -0.2) is 0 Å². The van der Waals surface area contributed by atoms with Crippen LogP contribution in [0.2, 0.25) is 5.02 Å². The van der Waals surface area contributed by atoms with Gasteiger partial charge in [-0.2, -0.15) is 0 Å². The van der Waals surface area contributed by atoms with Crippen LogP contribution in [-0.2, 0) is 11.2 Å². The fraction of sp³-hybridized carbons (Fsp3) is 0.263. The summed E-state index contributed by atoms with van der Waals surface area (Å²) in [7, 11) is 0. The highest BCUT2D eigenvalue weighted by Crippen LogP contribution is 2.37. The number of nitrogens with one attached hydrogen (secondary N) is 1. The van der Waals surface area contributed by atoms with E-state index < -0.39 is 10.8 Å². The van der Waals surface area contributed by atoms with Gasteiger partial charge >= 0.3 is 0 Å². The van der Waals surface area contributed by atoms with Gasteiger partial charge in [-0.05, 0) is 49.1 Å². The summed E-state index contributed by atoms with van der Waals surface area (Å²) in [5, 5.41) is 13.7. The van der Waals surface area contributed by atoms with Crippen LogP contribution in [0.1, 0.15) is 28.8 Å². The average molecular weight is 386 g/mol. The molecule has 8 heteroatoms. The quantitative estimate of drug-likeness (QED) is 0.640. The van der Waals surface area contributed by atoms with Crippen LogP contribution in [0.3, 0.4) is 0 Å². The lowest BCUT2D eigenvalue weighted by atomic mass is 10.1. The van der Waals surface area contributed by atoms with E-state index in [1.54, 1.807) is 17.0 Å². The molecule has 1 fully saturated rings. The third-order valence-corrected chi connectivity index (χ3v) is 5.16. The minimum Gasteiger partial charge on any atom is -0.322 e. The minimum absolute atomic E-state index is 0.0247. The largest absolute Gasteiger partial charge is 0.322 e. The molecule has 0 bridgehead atoms. The van der Waals surface area contributed by atoms with Crippen LogP contribution in [0.25, 0.3) is 0 Å². The third-order valence-electron chi connectivity index (χ3n) is 4.84. The Labute approximate surface area is 160 Å². The van der Waals surface area contributed by atoms with Gasteiger partial charge in [0.2, 0.25) is 5.91 Å². The fourth-order valence-corrected chi connectivity index (χ4v) is 3.42. The molecular formula is C19H16ClN3O4. The number of rotatable bonds is 4. The molecule has 1 aliphatic heterocycles. The van der Waals surface area contributed by atoms with Crippen LogP contribution >= 0.6 is 11.6 Å². The first-order valence-electron chi connectivity index (χ1n) is 8.63. The number of nitro groups is 1. The Kier molecular flexibility index (Phi) is 4.31. The molecule has 0 atom stereocenters. The third kappa shape index (κ3) is 3.38. The van der Waals surface area contributed by atoms with Gasteiger partial charge in [-0.1, -0.05) is 17.7 Å². The normalized spacial score (nSPS) is 15.4. The molecule has 27 heavy (non-hydrogen) atoms. The van der Waals surface area contributed by atoms with Crippen molar-refractivity contribution >= 4 is 40.5 Å². The predicted molar refractivity (Wildman–Crippen MR) is 101 cm³/mol. The van der Waals surface area contributed by atoms with Gasteiger partial charge in [0.05, 0.1) is 4.92 Å². The summed E-state index contributed by atoms with van der Waals surface area (Å²) < 4.78 is 0. The van der Waals surface area contributed by atoms with Gasteiger partial charge < -0.3 is 10.2 Å². The summed E-state index contributed by atoms with van der Waals surface area (Å²) in [6.45, 7) is 0.658. The summed E-state index contributed by atoms with van der Waals surface area (Å²) in [5.74, 6) is -0.206. The second kappa shape index (κ2) is 6.66. The van der Waals surface area contributed by atoms with Crippen LogP contribution in [0.15, 0.2) is 36.4 Å². The van der Waals surface area contributed by atoms with Crippen molar-refractivity contribution in [3.63, 3.8) is 0 Å². The number of halogens is 1. The maximum Gasteiger partial charge on any atom is 0.288 e. The number of hydrogen-bond donors (Lipinski definition) is 1. The van der Waals surface area contributed by atoms with Crippen molar-refractivity contribution in [2.45, 2.75) is 19.3 Å². The summed E-state index contributed by atoms with van der Waals surface area (Å²) >= 11 is 5.79. The van der Waals surface area contributed by atoms with E-state index in [0.717, 1.165) is 36.6 Å². The van der Waals surface area contributed by atoms with Crippen molar-refractivity contribution in [2.75, 3.05) is 16.8 Å². The average Bonchev–Trinajstić information content (AvgIpc) is 3.41. The topological polar surface area (TPSA) is 92.6 Å². The van der Waals surface area contributed by atoms with E-state index in [4.69, 9.17) is 11.6 Å². The standard InChI is InChI=1S/C19H16ClN3O4/c20-15-6-4-13(9-17(15)23(26)27)18(24)21-14-5-3-11-7-8-22(16(11)10-14)19(25)12-1-2-12/h3-6,9-10,12H,1-2,7-8H2,(H,21,24). The van der Waals surface area contributed by atoms with Gasteiger partial charge in [-0.15, -0.1) is 0 Å². The van der Waals surface area contributed by atoms with Crippen LogP contribution in [0.5, 0.6) is 0 Å². The van der Waals surface area contributed by atoms with Gasteiger partial charge in [0, 0.05) is 35.5 Å². The number of nitrogens with zero attached hydrogens (tertiary/aromatic N) is 2. The zero-order valence-corrected chi connectivity index (χ0v) is 15.0. The van der Waals surface area contributed by atoms with E-state index in [-0.39, 0.29) is 28.1 Å². The number of nitro benzene ring substituents is 1. The Bertz CT molecular complexity index is 971. The molecule has 1 heterocycles. The van der Waals surface area contributed by atoms with Crippen LogP contribution in [0, 0.1) is 16.0 Å². The first-order valence-corrected chi connectivity index (χ1v) is 9.01. The van der Waals surface area contributed by atoms with Crippen LogP contribution in [-0.4, -0.2) is 23.3 Å². The smallest absolute Gasteiger partial charge is 0.288 e. The molecule has 2 amide bonds. The molecule has 1 N–H and O–H groups in total. The lowest BCUT2D eigenvalue weighted by Crippen LogP contribution is -2.30. The van der Waals surface area contributed by atoms with Gasteiger partial charge in [0.25, 0.3) is 11.6 Å². The maximum absolute atomic E-state index is 12.5. The Morgan fingerprint density at radius 3 is 2.67 bits per heavy atom. The minimum atomic E-state index is -0.629. The van der Waals surface area contributed by atoms with E-state index >= 15 is 0 Å². The predicted octanol–water partition coefficient (Wildman–Crippen LogP) is 3.80. The van der Waals surface area contributed by atoms with E-state index in [1.807, 2.05) is 6.07 Å². The van der Waals surface area contributed by atoms with E-state index in [2.05, 4.69) is 5.32 Å². The van der Waals surface area contributed by atoms with Crippen molar-refractivity contribution in [1.82, 2.24) is 0 Å². The molecule has 138 valence electrons. The molecular weight excluding hydrogens is 370 g/mol. The fourth-order valence-electron chi connectivity index (χ4n) is 3.23. The number of fused-ring (bicyclic) bond motifs is 1. The van der Waals surface area contributed by atoms with Crippen molar-refractivity contribution in [1.29, 1.82) is 0 Å². The van der Waals surface area contributed by atoms with Crippen molar-refractivity contribution < 1.29 is 14.5 Å². The molecule has 4 rings (SSSR count). The molecule has 0 saturated heterocycles. The van der Waals surface area contributed by atoms with Crippen molar-refractivity contribution in [3.05, 3.63) is 62.7 Å². The summed E-state index contributed by atoms with van der Waals surface area (Å²) in [6.07, 6.45) is 2.68. The number of hydrogen-bond acceptors (Lipinski definition) is 4. The SMILES string of the molecule is O=C(Nc1ccc2c(c1)N(C(=O)C1CC1)CC2)c1ccc(Cl)c([N+](=O)[O-])c1. The second-order valence-corrected chi connectivity index (χ2v) is 7.14. The number of carbonyl (C=O) groups excluding carboxylic acids is 2. The summed E-state index contributed by atoms with van der Waals surface area (Å²) in [4.78, 5) is 37.1. The van der Waals surface area contributed by atoms with E-state index in [0.29, 0.717) is 12.2 Å². The van der Waals surface area contributed by atoms with E-state index in [1.165, 1.54) is 12.1 Å². The zero-order valence-electron chi connectivity index (χ0n) is 14.3. The lowest BCUT2D eigenvalue weighted by molar-refractivity contribution is -0.384. The molecule has 2 aliphatic rings. The highest BCUT2D eigenvalue weighted by molar-refractivity contribution is 6.32. The monoisotopic (exact) mass is 385 g/mol. The van der Waals surface area contributed by atoms with Gasteiger partial charge in [0.15, 0.2) is 0 Å². The molecule has 0 spiro atoms. The molecule has 1 saturated carbocycles. The molecule has 7 nitrogen and oxygen atoms in total. The number of amides is 2. The molecule has 0 radical (unpaired) electrons. The number of carbonyl (C=O) groups is 2. The maximum atomic E-state index is 12.5. The Hall–Kier alpha value is -2.93. The van der Waals surface area contributed by atoms with Gasteiger partial charge in [-0.3, -0.25) is 19.7 Å². The first kappa shape index (κ1) is 17.5. The molecule has 2 aromatic rings. The molecule has 2 aromatic carbocycles. The molecule has 0 aromatic heterocycles. The van der Waals surface area contributed by atoms with Crippen LogP contribution < -0.4 is 10.2 Å². The lowest BCUT2D eigenvalue weighted by Gasteiger charge is -2.18.